The van der Waals surface area contributed by atoms with Gasteiger partial charge in [0.05, 0.1) is 0 Å². The topological polar surface area (TPSA) is 94.2 Å². The van der Waals surface area contributed by atoms with Crippen molar-refractivity contribution in [3.8, 4) is 17.3 Å². The minimum Gasteiger partial charge on any atom is -0.467 e. The van der Waals surface area contributed by atoms with Gasteiger partial charge in [-0.25, -0.2) is 4.98 Å². The molecule has 1 N–H and O–H groups in total. The van der Waals surface area contributed by atoms with E-state index in [1.54, 1.807) is 11.8 Å². The second kappa shape index (κ2) is 9.16. The molecule has 0 amide bonds. The molecule has 1 aromatic carbocycles. The van der Waals surface area contributed by atoms with Gasteiger partial charge >= 0.3 is 0 Å². The molecule has 3 rings (SSSR count). The molecule has 0 unspecified atom stereocenters. The van der Waals surface area contributed by atoms with Crippen LogP contribution in [0.1, 0.15) is 42.7 Å². The predicted octanol–water partition coefficient (Wildman–Crippen LogP) is 3.79. The van der Waals surface area contributed by atoms with E-state index in [4.69, 9.17) is 9.26 Å². The van der Waals surface area contributed by atoms with Gasteiger partial charge in [0.1, 0.15) is 5.82 Å². The van der Waals surface area contributed by atoms with Crippen molar-refractivity contribution in [1.82, 2.24) is 20.1 Å². The zero-order chi connectivity index (χ0) is 20.1. The summed E-state index contributed by atoms with van der Waals surface area (Å²) in [5.41, 5.74) is 2.48. The summed E-state index contributed by atoms with van der Waals surface area (Å²) in [6, 6.07) is 7.96. The van der Waals surface area contributed by atoms with Gasteiger partial charge in [-0.15, -0.1) is 11.8 Å². The Balaban J connectivity index is 1.77. The highest BCUT2D eigenvalue weighted by atomic mass is 32.2. The Kier molecular flexibility index (Phi) is 6.64. The molecular formula is C20H24N4O3S. The van der Waals surface area contributed by atoms with Crippen LogP contribution in [0.4, 0.5) is 0 Å². The first kappa shape index (κ1) is 20.3. The second-order valence-electron chi connectivity index (χ2n) is 6.61. The van der Waals surface area contributed by atoms with E-state index in [-0.39, 0.29) is 19.1 Å². The van der Waals surface area contributed by atoms with E-state index in [2.05, 4.69) is 20.1 Å². The van der Waals surface area contributed by atoms with E-state index >= 15 is 0 Å². The van der Waals surface area contributed by atoms with Crippen molar-refractivity contribution in [1.29, 1.82) is 0 Å². The minimum atomic E-state index is -0.00165. The van der Waals surface area contributed by atoms with Crippen molar-refractivity contribution in [3.05, 3.63) is 47.2 Å². The number of aryl methyl sites for hydroxylation is 1. The third kappa shape index (κ3) is 4.69. The molecule has 0 aliphatic rings. The molecule has 148 valence electrons. The van der Waals surface area contributed by atoms with Crippen LogP contribution in [-0.4, -0.2) is 38.1 Å². The van der Waals surface area contributed by atoms with Gasteiger partial charge in [0, 0.05) is 40.7 Å². The van der Waals surface area contributed by atoms with Gasteiger partial charge in [-0.1, -0.05) is 19.0 Å². The lowest BCUT2D eigenvalue weighted by Gasteiger charge is -2.14. The van der Waals surface area contributed by atoms with Crippen molar-refractivity contribution in [2.45, 2.75) is 44.6 Å². The fraction of sp³-hybridized carbons (Fsp3) is 0.400. The smallest absolute Gasteiger partial charge is 0.264 e. The fourth-order valence-corrected chi connectivity index (χ4v) is 3.08. The maximum atomic E-state index is 9.35. The third-order valence-electron chi connectivity index (χ3n) is 4.22. The molecule has 2 aromatic heterocycles. The number of hydrogen-bond acceptors (Lipinski definition) is 8. The summed E-state index contributed by atoms with van der Waals surface area (Å²) < 4.78 is 11.2. The number of hydrogen-bond donors (Lipinski definition) is 1. The Morgan fingerprint density at radius 3 is 2.54 bits per heavy atom. The van der Waals surface area contributed by atoms with Crippen LogP contribution in [0, 0.1) is 6.92 Å². The first-order valence-electron chi connectivity index (χ1n) is 9.10. The summed E-state index contributed by atoms with van der Waals surface area (Å²) in [4.78, 5) is 14.6. The SMILES string of the molecule is CSc1ccc(-c2noc(COc3nc(C(C)C)nc(C)c3CCO)n2)cc1. The number of nitrogens with zero attached hydrogens (tertiary/aromatic N) is 4. The van der Waals surface area contributed by atoms with E-state index in [1.165, 1.54) is 4.90 Å². The van der Waals surface area contributed by atoms with Gasteiger partial charge in [0.2, 0.25) is 11.7 Å². The maximum Gasteiger partial charge on any atom is 0.264 e. The van der Waals surface area contributed by atoms with E-state index in [0.29, 0.717) is 29.8 Å². The predicted molar refractivity (Wildman–Crippen MR) is 107 cm³/mol. The summed E-state index contributed by atoms with van der Waals surface area (Å²) in [6.45, 7) is 6.04. The lowest BCUT2D eigenvalue weighted by atomic mass is 10.1. The van der Waals surface area contributed by atoms with Crippen LogP contribution in [0.3, 0.4) is 0 Å². The summed E-state index contributed by atoms with van der Waals surface area (Å²) in [6.07, 6.45) is 2.46. The summed E-state index contributed by atoms with van der Waals surface area (Å²) >= 11 is 1.68. The molecule has 3 aromatic rings. The summed E-state index contributed by atoms with van der Waals surface area (Å²) in [7, 11) is 0. The molecule has 0 fully saturated rings. The van der Waals surface area contributed by atoms with E-state index in [1.807, 2.05) is 51.3 Å². The van der Waals surface area contributed by atoms with Crippen LogP contribution in [0.5, 0.6) is 5.88 Å². The molecule has 0 radical (unpaired) electrons. The summed E-state index contributed by atoms with van der Waals surface area (Å²) in [5, 5.41) is 13.4. The number of benzene rings is 1. The van der Waals surface area contributed by atoms with Crippen LogP contribution >= 0.6 is 11.8 Å². The van der Waals surface area contributed by atoms with Gasteiger partial charge in [-0.2, -0.15) is 9.97 Å². The number of aliphatic hydroxyl groups is 1. The van der Waals surface area contributed by atoms with E-state index in [0.717, 1.165) is 16.8 Å². The lowest BCUT2D eigenvalue weighted by Crippen LogP contribution is -2.10. The normalized spacial score (nSPS) is 11.2. The van der Waals surface area contributed by atoms with Crippen molar-refractivity contribution >= 4 is 11.8 Å². The molecule has 0 aliphatic carbocycles. The van der Waals surface area contributed by atoms with E-state index < -0.39 is 0 Å². The van der Waals surface area contributed by atoms with Crippen molar-refractivity contribution in [2.24, 2.45) is 0 Å². The average molecular weight is 401 g/mol. The quantitative estimate of drug-likeness (QED) is 0.571. The van der Waals surface area contributed by atoms with E-state index in [9.17, 15) is 5.11 Å². The first-order valence-corrected chi connectivity index (χ1v) is 10.3. The zero-order valence-corrected chi connectivity index (χ0v) is 17.3. The highest BCUT2D eigenvalue weighted by molar-refractivity contribution is 7.98. The van der Waals surface area contributed by atoms with Crippen molar-refractivity contribution < 1.29 is 14.4 Å². The molecule has 0 aliphatic heterocycles. The number of ether oxygens (including phenoxy) is 1. The Labute approximate surface area is 168 Å². The zero-order valence-electron chi connectivity index (χ0n) is 16.5. The van der Waals surface area contributed by atoms with Gasteiger partial charge in [0.25, 0.3) is 5.89 Å². The lowest BCUT2D eigenvalue weighted by molar-refractivity contribution is 0.229. The molecule has 7 nitrogen and oxygen atoms in total. The maximum absolute atomic E-state index is 9.35. The number of aromatic nitrogens is 4. The Morgan fingerprint density at radius 2 is 1.89 bits per heavy atom. The van der Waals surface area contributed by atoms with Crippen molar-refractivity contribution in [2.75, 3.05) is 12.9 Å². The highest BCUT2D eigenvalue weighted by Crippen LogP contribution is 2.24. The van der Waals surface area contributed by atoms with Crippen LogP contribution < -0.4 is 4.74 Å². The van der Waals surface area contributed by atoms with Crippen LogP contribution in [0.15, 0.2) is 33.7 Å². The standard InChI is InChI=1S/C20H24N4O3S/c1-12(2)18-21-13(3)16(9-10-25)20(23-18)26-11-17-22-19(24-27-17)14-5-7-15(28-4)8-6-14/h5-8,12,25H,9-11H2,1-4H3. The third-order valence-corrected chi connectivity index (χ3v) is 4.96. The molecule has 28 heavy (non-hydrogen) atoms. The largest absolute Gasteiger partial charge is 0.467 e. The molecule has 0 atom stereocenters. The minimum absolute atomic E-state index is 0.00165. The molecule has 0 saturated heterocycles. The second-order valence-corrected chi connectivity index (χ2v) is 7.49. The summed E-state index contributed by atoms with van der Waals surface area (Å²) in [5.74, 6) is 2.21. The van der Waals surface area contributed by atoms with Crippen LogP contribution in [-0.2, 0) is 13.0 Å². The van der Waals surface area contributed by atoms with Gasteiger partial charge in [0.15, 0.2) is 6.61 Å². The number of thioether (sulfide) groups is 1. The van der Waals surface area contributed by atoms with Crippen molar-refractivity contribution in [3.63, 3.8) is 0 Å². The monoisotopic (exact) mass is 400 g/mol. The Morgan fingerprint density at radius 1 is 1.14 bits per heavy atom. The van der Waals surface area contributed by atoms with Crippen LogP contribution in [0.2, 0.25) is 0 Å². The number of aliphatic hydroxyl groups excluding tert-OH is 1. The van der Waals surface area contributed by atoms with Gasteiger partial charge in [-0.05, 0) is 37.4 Å². The molecule has 0 spiro atoms. The molecule has 8 heteroatoms. The Hall–Kier alpha value is -2.45. The average Bonchev–Trinajstić information content (AvgIpc) is 3.17. The number of rotatable bonds is 8. The first-order chi connectivity index (χ1) is 13.5. The highest BCUT2D eigenvalue weighted by Gasteiger charge is 2.16. The molecule has 0 bridgehead atoms. The molecular weight excluding hydrogens is 376 g/mol. The van der Waals surface area contributed by atoms with Crippen LogP contribution in [0.25, 0.3) is 11.4 Å². The fourth-order valence-electron chi connectivity index (χ4n) is 2.67. The molecule has 0 saturated carbocycles. The van der Waals surface area contributed by atoms with Gasteiger partial charge in [-0.3, -0.25) is 0 Å². The molecule has 2 heterocycles. The van der Waals surface area contributed by atoms with Gasteiger partial charge < -0.3 is 14.4 Å². The Bertz CT molecular complexity index is 926.